The van der Waals surface area contributed by atoms with Crippen LogP contribution in [-0.4, -0.2) is 5.91 Å². The minimum absolute atomic E-state index is 0.330. The molecule has 0 unspecified atom stereocenters. The summed E-state index contributed by atoms with van der Waals surface area (Å²) >= 11 is 6.20. The number of hydrogen-bond donors (Lipinski definition) is 1. The third-order valence-corrected chi connectivity index (χ3v) is 5.97. The summed E-state index contributed by atoms with van der Waals surface area (Å²) in [4.78, 5) is 25.0. The average Bonchev–Trinajstić information content (AvgIpc) is 3.33. The van der Waals surface area contributed by atoms with Crippen molar-refractivity contribution in [2.45, 2.75) is 6.92 Å². The molecular weight excluding hydrogens is 462 g/mol. The van der Waals surface area contributed by atoms with Crippen LogP contribution in [0, 0.1) is 6.92 Å². The van der Waals surface area contributed by atoms with E-state index in [-0.39, 0.29) is 5.91 Å². The lowest BCUT2D eigenvalue weighted by atomic mass is 10.1. The number of anilines is 1. The van der Waals surface area contributed by atoms with Crippen molar-refractivity contribution < 1.29 is 13.6 Å². The van der Waals surface area contributed by atoms with Gasteiger partial charge in [0.1, 0.15) is 17.1 Å². The molecular formula is C29H20ClNO4. The summed E-state index contributed by atoms with van der Waals surface area (Å²) in [6.45, 7) is 1.94. The molecule has 2 aromatic heterocycles. The molecule has 0 saturated carbocycles. The van der Waals surface area contributed by atoms with Crippen LogP contribution < -0.4 is 10.9 Å². The second-order valence-electron chi connectivity index (χ2n) is 8.05. The summed E-state index contributed by atoms with van der Waals surface area (Å²) in [5, 5.41) is 4.30. The minimum atomic E-state index is -0.435. The Morgan fingerprint density at radius 2 is 1.74 bits per heavy atom. The van der Waals surface area contributed by atoms with Crippen molar-refractivity contribution in [2.24, 2.45) is 0 Å². The third-order valence-electron chi connectivity index (χ3n) is 5.56. The Hall–Kier alpha value is -4.35. The summed E-state index contributed by atoms with van der Waals surface area (Å²) in [6, 6.07) is 25.5. The number of carbonyl (C=O) groups is 1. The second kappa shape index (κ2) is 9.49. The molecule has 2 heterocycles. The Morgan fingerprint density at radius 1 is 0.886 bits per heavy atom. The van der Waals surface area contributed by atoms with Crippen molar-refractivity contribution >= 4 is 40.2 Å². The molecule has 6 heteroatoms. The number of para-hydroxylation sites is 1. The Labute approximate surface area is 206 Å². The van der Waals surface area contributed by atoms with Crippen LogP contribution in [0.2, 0.25) is 5.02 Å². The highest BCUT2D eigenvalue weighted by molar-refractivity contribution is 6.31. The Morgan fingerprint density at radius 3 is 2.60 bits per heavy atom. The monoisotopic (exact) mass is 481 g/mol. The lowest BCUT2D eigenvalue weighted by molar-refractivity contribution is -0.111. The number of aryl methyl sites for hydroxylation is 1. The van der Waals surface area contributed by atoms with E-state index < -0.39 is 5.63 Å². The van der Waals surface area contributed by atoms with Crippen LogP contribution in [0.4, 0.5) is 5.69 Å². The number of halogens is 1. The first-order valence-electron chi connectivity index (χ1n) is 10.9. The molecule has 5 aromatic rings. The maximum absolute atomic E-state index is 12.5. The molecule has 1 N–H and O–H groups in total. The number of rotatable bonds is 5. The molecule has 0 radical (unpaired) electrons. The maximum atomic E-state index is 12.5. The van der Waals surface area contributed by atoms with Gasteiger partial charge in [0, 0.05) is 27.7 Å². The summed E-state index contributed by atoms with van der Waals surface area (Å²) < 4.78 is 11.2. The standard InChI is InChI=1S/C29H20ClNO4/c1-18-9-10-21(17-25(18)30)27-13-11-23(34-27)12-14-28(32)31-22-7-4-6-19(15-22)24-16-20-5-2-3-8-26(20)35-29(24)33/h2-17H,1H3,(H,31,32)/b14-12+. The lowest BCUT2D eigenvalue weighted by Gasteiger charge is -2.06. The molecule has 0 saturated heterocycles. The van der Waals surface area contributed by atoms with Gasteiger partial charge in [-0.15, -0.1) is 0 Å². The van der Waals surface area contributed by atoms with E-state index in [9.17, 15) is 9.59 Å². The zero-order valence-electron chi connectivity index (χ0n) is 18.7. The molecule has 35 heavy (non-hydrogen) atoms. The van der Waals surface area contributed by atoms with E-state index in [0.29, 0.717) is 38.9 Å². The van der Waals surface area contributed by atoms with Gasteiger partial charge in [-0.25, -0.2) is 4.79 Å². The van der Waals surface area contributed by atoms with Gasteiger partial charge in [0.05, 0.1) is 5.56 Å². The van der Waals surface area contributed by atoms with Gasteiger partial charge in [-0.1, -0.05) is 54.1 Å². The van der Waals surface area contributed by atoms with Crippen molar-refractivity contribution in [3.05, 3.63) is 118 Å². The fourth-order valence-corrected chi connectivity index (χ4v) is 3.89. The Kier molecular flexibility index (Phi) is 6.08. The molecule has 0 bridgehead atoms. The van der Waals surface area contributed by atoms with E-state index in [0.717, 1.165) is 16.5 Å². The molecule has 5 rings (SSSR count). The number of hydrogen-bond acceptors (Lipinski definition) is 4. The quantitative estimate of drug-likeness (QED) is 0.210. The smallest absolute Gasteiger partial charge is 0.344 e. The van der Waals surface area contributed by atoms with Crippen molar-refractivity contribution in [1.29, 1.82) is 0 Å². The van der Waals surface area contributed by atoms with E-state index in [1.165, 1.54) is 6.08 Å². The van der Waals surface area contributed by atoms with Crippen molar-refractivity contribution in [3.63, 3.8) is 0 Å². The fraction of sp³-hybridized carbons (Fsp3) is 0.0345. The summed E-state index contributed by atoms with van der Waals surface area (Å²) in [6.07, 6.45) is 2.98. The van der Waals surface area contributed by atoms with Gasteiger partial charge >= 0.3 is 5.63 Å². The number of fused-ring (bicyclic) bond motifs is 1. The van der Waals surface area contributed by atoms with Gasteiger partial charge in [0.15, 0.2) is 0 Å². The largest absolute Gasteiger partial charge is 0.457 e. The maximum Gasteiger partial charge on any atom is 0.344 e. The first kappa shape index (κ1) is 22.4. The van der Waals surface area contributed by atoms with Crippen LogP contribution in [-0.2, 0) is 4.79 Å². The fourth-order valence-electron chi connectivity index (χ4n) is 3.71. The summed E-state index contributed by atoms with van der Waals surface area (Å²) in [5.41, 5.74) is 3.58. The Bertz CT molecular complexity index is 1640. The third kappa shape index (κ3) is 4.95. The minimum Gasteiger partial charge on any atom is -0.457 e. The molecule has 3 aromatic carbocycles. The highest BCUT2D eigenvalue weighted by atomic mass is 35.5. The van der Waals surface area contributed by atoms with E-state index in [1.54, 1.807) is 48.5 Å². The zero-order chi connectivity index (χ0) is 24.4. The van der Waals surface area contributed by atoms with Crippen molar-refractivity contribution in [2.75, 3.05) is 5.32 Å². The van der Waals surface area contributed by atoms with Crippen LogP contribution >= 0.6 is 11.6 Å². The molecule has 0 fully saturated rings. The van der Waals surface area contributed by atoms with E-state index >= 15 is 0 Å². The van der Waals surface area contributed by atoms with E-state index in [2.05, 4.69) is 5.32 Å². The molecule has 0 atom stereocenters. The normalized spacial score (nSPS) is 11.3. The van der Waals surface area contributed by atoms with Gasteiger partial charge in [0.25, 0.3) is 0 Å². The lowest BCUT2D eigenvalue weighted by Crippen LogP contribution is -2.08. The first-order chi connectivity index (χ1) is 17.0. The van der Waals surface area contributed by atoms with Crippen LogP contribution in [0.15, 0.2) is 105 Å². The van der Waals surface area contributed by atoms with Crippen LogP contribution in [0.25, 0.3) is 39.5 Å². The van der Waals surface area contributed by atoms with Crippen LogP contribution in [0.1, 0.15) is 11.3 Å². The highest BCUT2D eigenvalue weighted by Gasteiger charge is 2.09. The Balaban J connectivity index is 1.31. The molecule has 0 aliphatic carbocycles. The molecule has 1 amide bonds. The number of carbonyl (C=O) groups excluding carboxylic acids is 1. The van der Waals surface area contributed by atoms with Crippen LogP contribution in [0.5, 0.6) is 0 Å². The van der Waals surface area contributed by atoms with Gasteiger partial charge < -0.3 is 14.2 Å². The van der Waals surface area contributed by atoms with E-state index in [4.69, 9.17) is 20.4 Å². The van der Waals surface area contributed by atoms with Crippen LogP contribution in [0.3, 0.4) is 0 Å². The topological polar surface area (TPSA) is 72.5 Å². The van der Waals surface area contributed by atoms with Crippen molar-refractivity contribution in [1.82, 2.24) is 0 Å². The molecule has 0 aliphatic heterocycles. The molecule has 0 aliphatic rings. The van der Waals surface area contributed by atoms with Gasteiger partial charge in [-0.3, -0.25) is 4.79 Å². The number of nitrogens with one attached hydrogen (secondary N) is 1. The molecule has 0 spiro atoms. The van der Waals surface area contributed by atoms with Gasteiger partial charge in [-0.2, -0.15) is 0 Å². The molecule has 172 valence electrons. The van der Waals surface area contributed by atoms with E-state index in [1.807, 2.05) is 49.4 Å². The number of benzene rings is 3. The summed E-state index contributed by atoms with van der Waals surface area (Å²) in [7, 11) is 0. The van der Waals surface area contributed by atoms with Crippen molar-refractivity contribution in [3.8, 4) is 22.5 Å². The predicted molar refractivity (Wildman–Crippen MR) is 139 cm³/mol. The predicted octanol–water partition coefficient (Wildman–Crippen LogP) is 7.33. The zero-order valence-corrected chi connectivity index (χ0v) is 19.5. The second-order valence-corrected chi connectivity index (χ2v) is 8.46. The highest BCUT2D eigenvalue weighted by Crippen LogP contribution is 2.27. The number of amides is 1. The van der Waals surface area contributed by atoms with Gasteiger partial charge in [0.2, 0.25) is 5.91 Å². The first-order valence-corrected chi connectivity index (χ1v) is 11.3. The SMILES string of the molecule is Cc1ccc(-c2ccc(/C=C/C(=O)Nc3cccc(-c4cc5ccccc5oc4=O)c3)o2)cc1Cl. The summed E-state index contributed by atoms with van der Waals surface area (Å²) in [5.74, 6) is 0.868. The number of furan rings is 1. The molecule has 5 nitrogen and oxygen atoms in total. The van der Waals surface area contributed by atoms with Gasteiger partial charge in [-0.05, 0) is 66.6 Å². The average molecular weight is 482 g/mol.